The molecule has 1 amide bonds. The lowest BCUT2D eigenvalue weighted by Gasteiger charge is -2.10. The van der Waals surface area contributed by atoms with E-state index in [1.807, 2.05) is 36.4 Å². The van der Waals surface area contributed by atoms with Crippen LogP contribution in [0.4, 0.5) is 5.69 Å². The second-order valence-corrected chi connectivity index (χ2v) is 5.53. The van der Waals surface area contributed by atoms with Gasteiger partial charge < -0.3 is 9.73 Å². The molecule has 0 aliphatic heterocycles. The molecule has 0 unspecified atom stereocenters. The number of carbonyl (C=O) groups excluding carboxylic acids is 1. The van der Waals surface area contributed by atoms with E-state index >= 15 is 0 Å². The van der Waals surface area contributed by atoms with Crippen LogP contribution in [0.25, 0.3) is 11.0 Å². The van der Waals surface area contributed by atoms with Crippen molar-refractivity contribution in [3.63, 3.8) is 0 Å². The number of rotatable bonds is 4. The van der Waals surface area contributed by atoms with Crippen LogP contribution in [0.1, 0.15) is 42.3 Å². The van der Waals surface area contributed by atoms with Crippen LogP contribution in [0.15, 0.2) is 59.0 Å². The van der Waals surface area contributed by atoms with Crippen molar-refractivity contribution in [2.24, 2.45) is 0 Å². The summed E-state index contributed by atoms with van der Waals surface area (Å²) in [6, 6.07) is 17.3. The Labute approximate surface area is 130 Å². The van der Waals surface area contributed by atoms with E-state index < -0.39 is 0 Å². The minimum Gasteiger partial charge on any atom is -0.451 e. The van der Waals surface area contributed by atoms with Gasteiger partial charge in [0, 0.05) is 11.1 Å². The molecule has 0 aliphatic rings. The fourth-order valence-corrected chi connectivity index (χ4v) is 2.42. The summed E-state index contributed by atoms with van der Waals surface area (Å²) in [4.78, 5) is 12.3. The molecular formula is C19H19NO2. The average Bonchev–Trinajstić information content (AvgIpc) is 2.99. The molecule has 112 valence electrons. The van der Waals surface area contributed by atoms with Crippen LogP contribution < -0.4 is 5.32 Å². The van der Waals surface area contributed by atoms with Crippen molar-refractivity contribution in [1.29, 1.82) is 0 Å². The molecule has 1 aromatic heterocycles. The Kier molecular flexibility index (Phi) is 3.96. The van der Waals surface area contributed by atoms with Crippen molar-refractivity contribution in [3.8, 4) is 0 Å². The van der Waals surface area contributed by atoms with Gasteiger partial charge in [-0.3, -0.25) is 4.79 Å². The van der Waals surface area contributed by atoms with Gasteiger partial charge in [-0.15, -0.1) is 0 Å². The smallest absolute Gasteiger partial charge is 0.291 e. The van der Waals surface area contributed by atoms with Gasteiger partial charge in [0.2, 0.25) is 0 Å². The van der Waals surface area contributed by atoms with Crippen molar-refractivity contribution < 1.29 is 9.21 Å². The molecule has 0 aliphatic carbocycles. The Morgan fingerprint density at radius 3 is 2.55 bits per heavy atom. The number of fused-ring (bicyclic) bond motifs is 1. The molecule has 1 N–H and O–H groups in total. The maximum atomic E-state index is 12.3. The van der Waals surface area contributed by atoms with Gasteiger partial charge in [0.25, 0.3) is 5.91 Å². The summed E-state index contributed by atoms with van der Waals surface area (Å²) in [7, 11) is 0. The van der Waals surface area contributed by atoms with Crippen molar-refractivity contribution in [2.45, 2.75) is 26.2 Å². The summed E-state index contributed by atoms with van der Waals surface area (Å²) in [6.07, 6.45) is 1.10. The lowest BCUT2D eigenvalue weighted by atomic mass is 9.99. The van der Waals surface area contributed by atoms with Gasteiger partial charge in [0.15, 0.2) is 5.76 Å². The van der Waals surface area contributed by atoms with Crippen molar-refractivity contribution in [2.75, 3.05) is 5.32 Å². The first-order valence-electron chi connectivity index (χ1n) is 7.57. The molecule has 0 saturated heterocycles. The topological polar surface area (TPSA) is 42.2 Å². The zero-order valence-corrected chi connectivity index (χ0v) is 12.8. The SMILES string of the molecule is CC[C@H](C)c1ccc(NC(=O)c2cc3ccccc3o2)cc1. The third-order valence-corrected chi connectivity index (χ3v) is 4.00. The van der Waals surface area contributed by atoms with Crippen LogP contribution in [-0.4, -0.2) is 5.91 Å². The van der Waals surface area contributed by atoms with Crippen LogP contribution in [-0.2, 0) is 0 Å². The number of furan rings is 1. The number of carbonyl (C=O) groups is 1. The molecule has 0 bridgehead atoms. The summed E-state index contributed by atoms with van der Waals surface area (Å²) in [5.41, 5.74) is 2.78. The summed E-state index contributed by atoms with van der Waals surface area (Å²) in [5, 5.41) is 3.80. The summed E-state index contributed by atoms with van der Waals surface area (Å²) in [6.45, 7) is 4.36. The maximum absolute atomic E-state index is 12.3. The highest BCUT2D eigenvalue weighted by Gasteiger charge is 2.12. The monoisotopic (exact) mass is 293 g/mol. The number of para-hydroxylation sites is 1. The average molecular weight is 293 g/mol. The number of amides is 1. The molecule has 3 nitrogen and oxygen atoms in total. The van der Waals surface area contributed by atoms with Crippen LogP contribution in [0.3, 0.4) is 0 Å². The van der Waals surface area contributed by atoms with Crippen LogP contribution in [0.5, 0.6) is 0 Å². The zero-order chi connectivity index (χ0) is 15.5. The Morgan fingerprint density at radius 2 is 1.86 bits per heavy atom. The van der Waals surface area contributed by atoms with Gasteiger partial charge >= 0.3 is 0 Å². The van der Waals surface area contributed by atoms with E-state index in [1.54, 1.807) is 6.07 Å². The Bertz CT molecular complexity index is 754. The van der Waals surface area contributed by atoms with E-state index in [0.717, 1.165) is 23.1 Å². The Balaban J connectivity index is 1.76. The molecule has 1 atom stereocenters. The van der Waals surface area contributed by atoms with E-state index in [1.165, 1.54) is 5.56 Å². The first kappa shape index (κ1) is 14.4. The van der Waals surface area contributed by atoms with E-state index in [4.69, 9.17) is 4.42 Å². The fourth-order valence-electron chi connectivity index (χ4n) is 2.42. The molecule has 0 saturated carbocycles. The summed E-state index contributed by atoms with van der Waals surface area (Å²) in [5.74, 6) is 0.625. The minimum atomic E-state index is -0.229. The summed E-state index contributed by atoms with van der Waals surface area (Å²) >= 11 is 0. The standard InChI is InChI=1S/C19H19NO2/c1-3-13(2)14-8-10-16(11-9-14)20-19(21)18-12-15-6-4-5-7-17(15)22-18/h4-13H,3H2,1-2H3,(H,20,21)/t13-/m0/s1. The van der Waals surface area contributed by atoms with Crippen LogP contribution >= 0.6 is 0 Å². The second-order valence-electron chi connectivity index (χ2n) is 5.53. The van der Waals surface area contributed by atoms with E-state index in [9.17, 15) is 4.79 Å². The van der Waals surface area contributed by atoms with Crippen molar-refractivity contribution in [3.05, 3.63) is 65.9 Å². The van der Waals surface area contributed by atoms with Crippen LogP contribution in [0, 0.1) is 0 Å². The number of nitrogens with one attached hydrogen (secondary N) is 1. The largest absolute Gasteiger partial charge is 0.451 e. The molecular weight excluding hydrogens is 274 g/mol. The third kappa shape index (κ3) is 2.89. The van der Waals surface area contributed by atoms with Gasteiger partial charge in [-0.2, -0.15) is 0 Å². The van der Waals surface area contributed by atoms with Gasteiger partial charge in [-0.25, -0.2) is 0 Å². The number of hydrogen-bond acceptors (Lipinski definition) is 2. The zero-order valence-electron chi connectivity index (χ0n) is 12.8. The van der Waals surface area contributed by atoms with Gasteiger partial charge in [0.1, 0.15) is 5.58 Å². The highest BCUT2D eigenvalue weighted by molar-refractivity contribution is 6.04. The lowest BCUT2D eigenvalue weighted by molar-refractivity contribution is 0.0998. The predicted octanol–water partition coefficient (Wildman–Crippen LogP) is 5.20. The van der Waals surface area contributed by atoms with E-state index in [-0.39, 0.29) is 5.91 Å². The predicted molar refractivity (Wildman–Crippen MR) is 89.3 cm³/mol. The minimum absolute atomic E-state index is 0.229. The van der Waals surface area contributed by atoms with E-state index in [0.29, 0.717) is 11.7 Å². The third-order valence-electron chi connectivity index (χ3n) is 4.00. The second kappa shape index (κ2) is 6.06. The highest BCUT2D eigenvalue weighted by Crippen LogP contribution is 2.22. The number of benzene rings is 2. The molecule has 0 radical (unpaired) electrons. The normalized spacial score (nSPS) is 12.3. The molecule has 2 aromatic carbocycles. The van der Waals surface area contributed by atoms with Crippen molar-refractivity contribution in [1.82, 2.24) is 0 Å². The highest BCUT2D eigenvalue weighted by atomic mass is 16.3. The van der Waals surface area contributed by atoms with Gasteiger partial charge in [-0.1, -0.05) is 44.2 Å². The van der Waals surface area contributed by atoms with Gasteiger partial charge in [-0.05, 0) is 42.2 Å². The number of anilines is 1. The van der Waals surface area contributed by atoms with E-state index in [2.05, 4.69) is 31.3 Å². The lowest BCUT2D eigenvalue weighted by Crippen LogP contribution is -2.10. The number of hydrogen-bond donors (Lipinski definition) is 1. The molecule has 3 rings (SSSR count). The maximum Gasteiger partial charge on any atom is 0.291 e. The Hall–Kier alpha value is -2.55. The molecule has 22 heavy (non-hydrogen) atoms. The first-order chi connectivity index (χ1) is 10.7. The first-order valence-corrected chi connectivity index (χ1v) is 7.57. The van der Waals surface area contributed by atoms with Crippen molar-refractivity contribution >= 4 is 22.6 Å². The molecule has 0 spiro atoms. The Morgan fingerprint density at radius 1 is 1.14 bits per heavy atom. The fraction of sp³-hybridized carbons (Fsp3) is 0.211. The molecule has 3 aromatic rings. The quantitative estimate of drug-likeness (QED) is 0.718. The van der Waals surface area contributed by atoms with Crippen LogP contribution in [0.2, 0.25) is 0 Å². The van der Waals surface area contributed by atoms with Gasteiger partial charge in [0.05, 0.1) is 0 Å². The molecule has 3 heteroatoms. The summed E-state index contributed by atoms with van der Waals surface area (Å²) < 4.78 is 5.57. The molecule has 0 fully saturated rings. The molecule has 1 heterocycles.